The van der Waals surface area contributed by atoms with Gasteiger partial charge in [0.1, 0.15) is 6.10 Å². The lowest BCUT2D eigenvalue weighted by molar-refractivity contribution is -0.136. The molecule has 1 amide bonds. The molecule has 0 aliphatic carbocycles. The van der Waals surface area contributed by atoms with Gasteiger partial charge in [0.15, 0.2) is 0 Å². The third-order valence-corrected chi connectivity index (χ3v) is 4.48. The molecule has 1 heterocycles. The van der Waals surface area contributed by atoms with Crippen LogP contribution in [-0.4, -0.2) is 41.0 Å². The Labute approximate surface area is 125 Å². The maximum atomic E-state index is 12.3. The third-order valence-electron chi connectivity index (χ3n) is 3.22. The summed E-state index contributed by atoms with van der Waals surface area (Å²) in [4.78, 5) is 14.2. The number of benzene rings is 1. The Bertz CT molecular complexity index is 442. The fourth-order valence-corrected chi connectivity index (χ4v) is 2.85. The molecule has 1 unspecified atom stereocenters. The minimum absolute atomic E-state index is 0.00790. The van der Waals surface area contributed by atoms with E-state index in [0.29, 0.717) is 25.4 Å². The summed E-state index contributed by atoms with van der Waals surface area (Å²) in [6, 6.07) is 10.1. The zero-order valence-electron chi connectivity index (χ0n) is 12.5. The van der Waals surface area contributed by atoms with E-state index >= 15 is 0 Å². The van der Waals surface area contributed by atoms with Gasteiger partial charge in [-0.1, -0.05) is 51.1 Å². The summed E-state index contributed by atoms with van der Waals surface area (Å²) >= 11 is 1.70. The molecule has 1 aliphatic rings. The lowest BCUT2D eigenvalue weighted by Crippen LogP contribution is -2.43. The van der Waals surface area contributed by atoms with E-state index in [1.165, 1.54) is 0 Å². The summed E-state index contributed by atoms with van der Waals surface area (Å²) < 4.78 is 5.91. The number of carbonyl (C=O) groups is 1. The highest BCUT2D eigenvalue weighted by atomic mass is 32.2. The number of hydrogen-bond donors (Lipinski definition) is 0. The van der Waals surface area contributed by atoms with E-state index in [9.17, 15) is 4.79 Å². The van der Waals surface area contributed by atoms with Gasteiger partial charge in [-0.15, -0.1) is 11.8 Å². The van der Waals surface area contributed by atoms with Crippen LogP contribution in [0, 0.1) is 0 Å². The van der Waals surface area contributed by atoms with Gasteiger partial charge in [-0.25, -0.2) is 0 Å². The van der Waals surface area contributed by atoms with Crippen molar-refractivity contribution < 1.29 is 9.53 Å². The molecule has 110 valence electrons. The number of hydrogen-bond acceptors (Lipinski definition) is 3. The van der Waals surface area contributed by atoms with Crippen LogP contribution in [0.4, 0.5) is 0 Å². The Hall–Kier alpha value is -1.00. The highest BCUT2D eigenvalue weighted by molar-refractivity contribution is 8.01. The van der Waals surface area contributed by atoms with Gasteiger partial charge >= 0.3 is 0 Å². The van der Waals surface area contributed by atoms with Crippen molar-refractivity contribution in [3.8, 4) is 0 Å². The first-order chi connectivity index (χ1) is 9.46. The van der Waals surface area contributed by atoms with Crippen molar-refractivity contribution in [1.82, 2.24) is 4.90 Å². The van der Waals surface area contributed by atoms with Gasteiger partial charge in [0.05, 0.1) is 18.9 Å². The predicted octanol–water partition coefficient (Wildman–Crippen LogP) is 3.12. The molecule has 0 saturated carbocycles. The summed E-state index contributed by atoms with van der Waals surface area (Å²) in [5.74, 6) is 0.763. The summed E-state index contributed by atoms with van der Waals surface area (Å²) in [6.45, 7) is 8.39. The van der Waals surface area contributed by atoms with Gasteiger partial charge in [-0.05, 0) is 5.56 Å². The second kappa shape index (κ2) is 6.64. The second-order valence-electron chi connectivity index (χ2n) is 6.01. The third kappa shape index (κ3) is 4.53. The topological polar surface area (TPSA) is 29.5 Å². The zero-order chi connectivity index (χ0) is 14.6. The number of amides is 1. The first-order valence-electron chi connectivity index (χ1n) is 7.04. The molecule has 1 aliphatic heterocycles. The maximum Gasteiger partial charge on any atom is 0.232 e. The number of nitrogens with zero attached hydrogens (tertiary/aromatic N) is 1. The largest absolute Gasteiger partial charge is 0.370 e. The Morgan fingerprint density at radius 2 is 2.05 bits per heavy atom. The molecule has 4 heteroatoms. The predicted molar refractivity (Wildman–Crippen MR) is 83.9 cm³/mol. The molecule has 1 aromatic carbocycles. The highest BCUT2D eigenvalue weighted by Crippen LogP contribution is 2.25. The Morgan fingerprint density at radius 1 is 1.35 bits per heavy atom. The van der Waals surface area contributed by atoms with Crippen LogP contribution in [0.5, 0.6) is 0 Å². The molecule has 1 fully saturated rings. The molecule has 0 spiro atoms. The molecule has 1 atom stereocenters. The fraction of sp³-hybridized carbons (Fsp3) is 0.562. The minimum atomic E-state index is 0.00790. The quantitative estimate of drug-likeness (QED) is 0.857. The van der Waals surface area contributed by atoms with Crippen molar-refractivity contribution in [2.45, 2.75) is 31.6 Å². The van der Waals surface area contributed by atoms with E-state index in [4.69, 9.17) is 4.74 Å². The second-order valence-corrected chi connectivity index (χ2v) is 7.81. The zero-order valence-corrected chi connectivity index (χ0v) is 13.3. The molecule has 0 bridgehead atoms. The van der Waals surface area contributed by atoms with Gasteiger partial charge in [0, 0.05) is 11.3 Å². The van der Waals surface area contributed by atoms with E-state index in [0.717, 1.165) is 5.56 Å². The van der Waals surface area contributed by atoms with E-state index in [1.807, 2.05) is 23.1 Å². The van der Waals surface area contributed by atoms with Gasteiger partial charge in [-0.3, -0.25) is 4.79 Å². The van der Waals surface area contributed by atoms with E-state index in [1.54, 1.807) is 11.8 Å². The Kier molecular flexibility index (Phi) is 5.11. The van der Waals surface area contributed by atoms with Gasteiger partial charge < -0.3 is 9.64 Å². The van der Waals surface area contributed by atoms with E-state index < -0.39 is 0 Å². The summed E-state index contributed by atoms with van der Waals surface area (Å²) in [5.41, 5.74) is 1.15. The molecular formula is C16H23NO2S. The van der Waals surface area contributed by atoms with Crippen molar-refractivity contribution in [2.24, 2.45) is 0 Å². The van der Waals surface area contributed by atoms with Crippen LogP contribution >= 0.6 is 11.8 Å². The van der Waals surface area contributed by atoms with Crippen LogP contribution in [0.3, 0.4) is 0 Å². The summed E-state index contributed by atoms with van der Waals surface area (Å²) in [6.07, 6.45) is 0.00790. The maximum absolute atomic E-state index is 12.3. The molecule has 0 radical (unpaired) electrons. The van der Waals surface area contributed by atoms with Crippen molar-refractivity contribution in [3.05, 3.63) is 35.9 Å². The SMILES string of the molecule is CC(C)(C)SCC(=O)N1CCOC(c2ccccc2)C1. The molecule has 2 rings (SSSR count). The first-order valence-corrected chi connectivity index (χ1v) is 8.02. The highest BCUT2D eigenvalue weighted by Gasteiger charge is 2.26. The number of carbonyl (C=O) groups excluding carboxylic acids is 1. The average Bonchev–Trinajstić information content (AvgIpc) is 2.45. The van der Waals surface area contributed by atoms with E-state index in [-0.39, 0.29) is 16.8 Å². The number of thioether (sulfide) groups is 1. The number of ether oxygens (including phenoxy) is 1. The monoisotopic (exact) mass is 293 g/mol. The molecule has 1 aromatic rings. The van der Waals surface area contributed by atoms with Crippen molar-refractivity contribution in [3.63, 3.8) is 0 Å². The summed E-state index contributed by atoms with van der Waals surface area (Å²) in [7, 11) is 0. The fourth-order valence-electron chi connectivity index (χ4n) is 2.11. The molecule has 20 heavy (non-hydrogen) atoms. The van der Waals surface area contributed by atoms with Crippen LogP contribution in [0.15, 0.2) is 30.3 Å². The van der Waals surface area contributed by atoms with E-state index in [2.05, 4.69) is 32.9 Å². The van der Waals surface area contributed by atoms with Crippen molar-refractivity contribution in [1.29, 1.82) is 0 Å². The molecule has 0 N–H and O–H groups in total. The average molecular weight is 293 g/mol. The molecular weight excluding hydrogens is 270 g/mol. The number of morpholine rings is 1. The minimum Gasteiger partial charge on any atom is -0.370 e. The molecule has 3 nitrogen and oxygen atoms in total. The van der Waals surface area contributed by atoms with Gasteiger partial charge in [-0.2, -0.15) is 0 Å². The van der Waals surface area contributed by atoms with Gasteiger partial charge in [0.2, 0.25) is 5.91 Å². The van der Waals surface area contributed by atoms with Crippen molar-refractivity contribution >= 4 is 17.7 Å². The van der Waals surface area contributed by atoms with Crippen LogP contribution in [0.2, 0.25) is 0 Å². The molecule has 0 aromatic heterocycles. The van der Waals surface area contributed by atoms with Crippen LogP contribution in [0.25, 0.3) is 0 Å². The summed E-state index contributed by atoms with van der Waals surface area (Å²) in [5, 5.41) is 0. The van der Waals surface area contributed by atoms with Crippen LogP contribution in [0.1, 0.15) is 32.4 Å². The Balaban J connectivity index is 1.92. The van der Waals surface area contributed by atoms with Crippen LogP contribution < -0.4 is 0 Å². The number of rotatable bonds is 3. The van der Waals surface area contributed by atoms with Gasteiger partial charge in [0.25, 0.3) is 0 Å². The first kappa shape index (κ1) is 15.4. The normalized spacial score (nSPS) is 19.9. The Morgan fingerprint density at radius 3 is 2.70 bits per heavy atom. The van der Waals surface area contributed by atoms with Crippen LogP contribution in [-0.2, 0) is 9.53 Å². The molecule has 1 saturated heterocycles. The lowest BCUT2D eigenvalue weighted by Gasteiger charge is -2.33. The standard InChI is InChI=1S/C16H23NO2S/c1-16(2,3)20-12-15(18)17-9-10-19-14(11-17)13-7-5-4-6-8-13/h4-8,14H,9-12H2,1-3H3. The lowest BCUT2D eigenvalue weighted by atomic mass is 10.1. The smallest absolute Gasteiger partial charge is 0.232 e. The van der Waals surface area contributed by atoms with Crippen molar-refractivity contribution in [2.75, 3.05) is 25.4 Å².